The van der Waals surface area contributed by atoms with Crippen LogP contribution in [0.3, 0.4) is 0 Å². The summed E-state index contributed by atoms with van der Waals surface area (Å²) in [4.78, 5) is 51.5. The van der Waals surface area contributed by atoms with E-state index in [0.29, 0.717) is 11.4 Å². The fraction of sp³-hybridized carbons (Fsp3) is 0. The van der Waals surface area contributed by atoms with Gasteiger partial charge in [-0.1, -0.05) is 0 Å². The molecule has 20 heavy (non-hydrogen) atoms. The summed E-state index contributed by atoms with van der Waals surface area (Å²) < 4.78 is 0. The van der Waals surface area contributed by atoms with E-state index in [1.165, 1.54) is 18.3 Å². The Morgan fingerprint density at radius 3 is 2.70 bits per heavy atom. The standard InChI is InChI=1S/C11H6N6O3/c18-4-13-6-2-1-5(3-12-6)8-14-7-9(15-8)16-11(20)17-10(7)19/h1-3H,(H3,14,15,16,17,19,20). The van der Waals surface area contributed by atoms with Crippen molar-refractivity contribution in [3.63, 3.8) is 0 Å². The number of H-pyrrole nitrogens is 3. The van der Waals surface area contributed by atoms with Crippen LogP contribution in [0.1, 0.15) is 0 Å². The van der Waals surface area contributed by atoms with Crippen molar-refractivity contribution in [1.82, 2.24) is 24.9 Å². The van der Waals surface area contributed by atoms with E-state index >= 15 is 0 Å². The maximum atomic E-state index is 11.6. The Hall–Kier alpha value is -3.32. The number of nitrogens with one attached hydrogen (secondary N) is 3. The van der Waals surface area contributed by atoms with Crippen LogP contribution in [-0.2, 0) is 4.79 Å². The molecule has 0 aliphatic heterocycles. The Balaban J connectivity index is 2.14. The van der Waals surface area contributed by atoms with Crippen molar-refractivity contribution in [2.75, 3.05) is 0 Å². The third-order valence-corrected chi connectivity index (χ3v) is 2.57. The Labute approximate surface area is 109 Å². The molecule has 3 rings (SSSR count). The largest absolute Gasteiger partial charge is 0.332 e. The van der Waals surface area contributed by atoms with Crippen LogP contribution in [0.4, 0.5) is 5.82 Å². The van der Waals surface area contributed by atoms with E-state index in [1.54, 1.807) is 6.07 Å². The van der Waals surface area contributed by atoms with Crippen LogP contribution in [0.15, 0.2) is 32.9 Å². The van der Waals surface area contributed by atoms with Crippen molar-refractivity contribution in [2.24, 2.45) is 4.99 Å². The van der Waals surface area contributed by atoms with Crippen molar-refractivity contribution in [1.29, 1.82) is 0 Å². The van der Waals surface area contributed by atoms with Crippen LogP contribution >= 0.6 is 0 Å². The minimum absolute atomic E-state index is 0.156. The molecule has 3 heterocycles. The molecule has 3 N–H and O–H groups in total. The molecule has 0 fully saturated rings. The highest BCUT2D eigenvalue weighted by Crippen LogP contribution is 2.18. The van der Waals surface area contributed by atoms with Gasteiger partial charge in [-0.25, -0.2) is 19.6 Å². The number of imidazole rings is 1. The molecular formula is C11H6N6O3. The van der Waals surface area contributed by atoms with Crippen molar-refractivity contribution < 1.29 is 4.79 Å². The summed E-state index contributed by atoms with van der Waals surface area (Å²) in [7, 11) is 0. The van der Waals surface area contributed by atoms with E-state index < -0.39 is 11.2 Å². The van der Waals surface area contributed by atoms with Crippen molar-refractivity contribution in [3.05, 3.63) is 39.2 Å². The van der Waals surface area contributed by atoms with Crippen LogP contribution in [0.5, 0.6) is 0 Å². The van der Waals surface area contributed by atoms with Gasteiger partial charge in [0.1, 0.15) is 11.3 Å². The maximum absolute atomic E-state index is 11.6. The lowest BCUT2D eigenvalue weighted by atomic mass is 10.3. The smallest absolute Gasteiger partial charge is 0.327 e. The third-order valence-electron chi connectivity index (χ3n) is 2.57. The number of hydrogen-bond acceptors (Lipinski definition) is 6. The first-order chi connectivity index (χ1) is 9.67. The minimum atomic E-state index is -0.630. The molecule has 0 atom stereocenters. The fourth-order valence-corrected chi connectivity index (χ4v) is 1.71. The van der Waals surface area contributed by atoms with Crippen LogP contribution in [0.2, 0.25) is 0 Å². The van der Waals surface area contributed by atoms with Gasteiger partial charge in [0.2, 0.25) is 6.08 Å². The Morgan fingerprint density at radius 2 is 2.00 bits per heavy atom. The molecule has 3 aromatic rings. The van der Waals surface area contributed by atoms with Gasteiger partial charge in [0.25, 0.3) is 5.56 Å². The second kappa shape index (κ2) is 4.41. The lowest BCUT2D eigenvalue weighted by molar-refractivity contribution is 0.565. The highest BCUT2D eigenvalue weighted by molar-refractivity contribution is 5.74. The van der Waals surface area contributed by atoms with Gasteiger partial charge in [-0.15, -0.1) is 4.99 Å². The first kappa shape index (κ1) is 11.8. The number of aromatic nitrogens is 5. The molecule has 98 valence electrons. The minimum Gasteiger partial charge on any atom is -0.332 e. The van der Waals surface area contributed by atoms with Gasteiger partial charge in [0, 0.05) is 11.8 Å². The molecule has 0 aliphatic carbocycles. The Morgan fingerprint density at radius 1 is 1.15 bits per heavy atom. The van der Waals surface area contributed by atoms with Gasteiger partial charge in [-0.05, 0) is 12.1 Å². The van der Waals surface area contributed by atoms with E-state index in [9.17, 15) is 14.4 Å². The SMILES string of the molecule is O=C=Nc1ccc(-c2nc3[nH]c(=O)[nH]c(=O)c3[nH]2)cn1. The van der Waals surface area contributed by atoms with E-state index in [-0.39, 0.29) is 17.0 Å². The quantitative estimate of drug-likeness (QED) is 0.443. The van der Waals surface area contributed by atoms with E-state index in [2.05, 4.69) is 29.9 Å². The fourth-order valence-electron chi connectivity index (χ4n) is 1.71. The molecule has 0 aliphatic rings. The summed E-state index contributed by atoms with van der Waals surface area (Å²) in [5, 5.41) is 0. The number of aliphatic imine (C=N–C) groups is 1. The molecule has 0 saturated carbocycles. The van der Waals surface area contributed by atoms with Gasteiger partial charge in [0.15, 0.2) is 11.5 Å². The monoisotopic (exact) mass is 270 g/mol. The lowest BCUT2D eigenvalue weighted by Gasteiger charge is -1.95. The van der Waals surface area contributed by atoms with E-state index in [0.717, 1.165) is 0 Å². The second-order valence-electron chi connectivity index (χ2n) is 3.83. The molecular weight excluding hydrogens is 264 g/mol. The van der Waals surface area contributed by atoms with Gasteiger partial charge in [-0.3, -0.25) is 14.8 Å². The highest BCUT2D eigenvalue weighted by Gasteiger charge is 2.09. The second-order valence-corrected chi connectivity index (χ2v) is 3.83. The van der Waals surface area contributed by atoms with Gasteiger partial charge < -0.3 is 4.98 Å². The van der Waals surface area contributed by atoms with Crippen LogP contribution in [0, 0.1) is 0 Å². The van der Waals surface area contributed by atoms with E-state index in [1.807, 2.05) is 0 Å². The number of aromatic amines is 3. The van der Waals surface area contributed by atoms with Crippen LogP contribution in [-0.4, -0.2) is 31.0 Å². The van der Waals surface area contributed by atoms with Crippen LogP contribution < -0.4 is 11.2 Å². The molecule has 0 aromatic carbocycles. The number of hydrogen-bond donors (Lipinski definition) is 3. The Bertz CT molecular complexity index is 943. The molecule has 0 amide bonds. The van der Waals surface area contributed by atoms with Crippen molar-refractivity contribution >= 4 is 23.1 Å². The zero-order valence-electron chi connectivity index (χ0n) is 9.80. The molecule has 0 saturated heterocycles. The maximum Gasteiger partial charge on any atom is 0.327 e. The number of rotatable bonds is 2. The summed E-state index contributed by atoms with van der Waals surface area (Å²) in [6.07, 6.45) is 2.81. The molecule has 0 spiro atoms. The predicted octanol–water partition coefficient (Wildman–Crippen LogP) is -0.0312. The van der Waals surface area contributed by atoms with Gasteiger partial charge in [-0.2, -0.15) is 0 Å². The summed E-state index contributed by atoms with van der Waals surface area (Å²) in [6, 6.07) is 3.12. The average molecular weight is 270 g/mol. The predicted molar refractivity (Wildman–Crippen MR) is 68.3 cm³/mol. The first-order valence-corrected chi connectivity index (χ1v) is 5.44. The van der Waals surface area contributed by atoms with Crippen molar-refractivity contribution in [2.45, 2.75) is 0 Å². The topological polar surface area (TPSA) is 137 Å². The molecule has 9 nitrogen and oxygen atoms in total. The Kier molecular flexibility index (Phi) is 2.59. The summed E-state index contributed by atoms with van der Waals surface area (Å²) in [5.41, 5.74) is -0.295. The first-order valence-electron chi connectivity index (χ1n) is 5.44. The zero-order valence-corrected chi connectivity index (χ0v) is 9.80. The third kappa shape index (κ3) is 1.93. The summed E-state index contributed by atoms with van der Waals surface area (Å²) >= 11 is 0. The number of isocyanates is 1. The van der Waals surface area contributed by atoms with Crippen molar-refractivity contribution in [3.8, 4) is 11.4 Å². The molecule has 0 bridgehead atoms. The molecule has 0 radical (unpaired) electrons. The van der Waals surface area contributed by atoms with Crippen LogP contribution in [0.25, 0.3) is 22.6 Å². The molecule has 3 aromatic heterocycles. The average Bonchev–Trinajstić information content (AvgIpc) is 2.84. The normalized spacial score (nSPS) is 10.4. The number of pyridine rings is 1. The zero-order chi connectivity index (χ0) is 14.1. The summed E-state index contributed by atoms with van der Waals surface area (Å²) in [6.45, 7) is 0. The molecule has 9 heteroatoms. The molecule has 0 unspecified atom stereocenters. The number of carbonyl (C=O) groups excluding carboxylic acids is 1. The highest BCUT2D eigenvalue weighted by atomic mass is 16.2. The number of nitrogens with zero attached hydrogens (tertiary/aromatic N) is 3. The lowest BCUT2D eigenvalue weighted by Crippen LogP contribution is -2.21. The van der Waals surface area contributed by atoms with E-state index in [4.69, 9.17) is 0 Å². The van der Waals surface area contributed by atoms with Gasteiger partial charge >= 0.3 is 5.69 Å². The summed E-state index contributed by atoms with van der Waals surface area (Å²) in [5.74, 6) is 0.576. The number of fused-ring (bicyclic) bond motifs is 1. The van der Waals surface area contributed by atoms with Gasteiger partial charge in [0.05, 0.1) is 0 Å².